The molecule has 0 heterocycles. The van der Waals surface area contributed by atoms with E-state index < -0.39 is 6.09 Å². The summed E-state index contributed by atoms with van der Waals surface area (Å²) < 4.78 is 16.5. The molecule has 3 amide bonds. The summed E-state index contributed by atoms with van der Waals surface area (Å²) in [5.74, 6) is 2.11. The number of ketones is 2. The minimum Gasteiger partial charge on any atom is -0.500 e. The van der Waals surface area contributed by atoms with Crippen LogP contribution in [0.15, 0.2) is 66.1 Å². The Bertz CT molecular complexity index is 1870. The molecular weight excluding hydrogens is 670 g/mol. The van der Waals surface area contributed by atoms with Crippen molar-refractivity contribution >= 4 is 34.8 Å². The Labute approximate surface area is 313 Å². The minimum absolute atomic E-state index is 0.00904. The van der Waals surface area contributed by atoms with Gasteiger partial charge in [0.1, 0.15) is 17.3 Å². The molecule has 2 atom stereocenters. The van der Waals surface area contributed by atoms with Crippen molar-refractivity contribution in [2.45, 2.75) is 67.2 Å². The summed E-state index contributed by atoms with van der Waals surface area (Å²) in [6.07, 6.45) is 1.59. The van der Waals surface area contributed by atoms with Gasteiger partial charge in [-0.25, -0.2) is 9.59 Å². The molecule has 3 N–H and O–H groups in total. The van der Waals surface area contributed by atoms with Gasteiger partial charge in [0.05, 0.1) is 25.4 Å². The van der Waals surface area contributed by atoms with Crippen LogP contribution in [0.25, 0.3) is 11.1 Å². The van der Waals surface area contributed by atoms with Crippen LogP contribution in [-0.2, 0) is 19.1 Å². The molecule has 0 fully saturated rings. The number of Topliss-reactive ketones (excluding diaryl/α,β-unsaturated/α-hetero) is 2. The highest BCUT2D eigenvalue weighted by Crippen LogP contribution is 2.41. The predicted molar refractivity (Wildman–Crippen MR) is 208 cm³/mol. The standard InChI is InChI=1S/C24H27NO4.C19H26N2O3/c1-15-12-16(2)21(17(3)13-15)22-20(26)14-18(23(22)28-4)10-11-25-24(27)29-19-8-6-5-7-9-19;1-11-8-12(2)16(13(3)9-11)17-15(22)10-14(18(17)24-5)6-7-21-19(23)20-4/h5-9,12-13,18H,10-11,14H2,1-4H3,(H,25,27);8-9,14H,6-7,10H2,1-5H3,(H2,20,21,23). The average molecular weight is 724 g/mol. The average Bonchev–Trinajstić information content (AvgIpc) is 3.58. The fourth-order valence-electron chi connectivity index (χ4n) is 7.63. The van der Waals surface area contributed by atoms with E-state index >= 15 is 0 Å². The molecule has 282 valence electrons. The smallest absolute Gasteiger partial charge is 0.412 e. The van der Waals surface area contributed by atoms with E-state index in [-0.39, 0.29) is 29.4 Å². The molecule has 0 saturated carbocycles. The summed E-state index contributed by atoms with van der Waals surface area (Å²) >= 11 is 0. The van der Waals surface area contributed by atoms with E-state index in [0.29, 0.717) is 61.4 Å². The van der Waals surface area contributed by atoms with Crippen LogP contribution in [-0.4, -0.2) is 58.0 Å². The number of carbonyl (C=O) groups is 4. The van der Waals surface area contributed by atoms with Gasteiger partial charge in [-0.1, -0.05) is 53.6 Å². The third-order valence-corrected chi connectivity index (χ3v) is 9.67. The van der Waals surface area contributed by atoms with Crippen molar-refractivity contribution in [2.24, 2.45) is 11.8 Å². The number of urea groups is 1. The molecule has 0 spiro atoms. The zero-order valence-electron chi connectivity index (χ0n) is 32.5. The van der Waals surface area contributed by atoms with Gasteiger partial charge in [-0.15, -0.1) is 0 Å². The molecule has 0 radical (unpaired) electrons. The third-order valence-electron chi connectivity index (χ3n) is 9.67. The number of hydrogen-bond acceptors (Lipinski definition) is 7. The molecule has 0 saturated heterocycles. The van der Waals surface area contributed by atoms with Crippen LogP contribution < -0.4 is 20.7 Å². The van der Waals surface area contributed by atoms with E-state index in [1.165, 1.54) is 11.1 Å². The maximum absolute atomic E-state index is 12.8. The summed E-state index contributed by atoms with van der Waals surface area (Å²) in [7, 11) is 4.80. The maximum Gasteiger partial charge on any atom is 0.412 e. The lowest BCUT2D eigenvalue weighted by atomic mass is 9.92. The maximum atomic E-state index is 12.8. The lowest BCUT2D eigenvalue weighted by molar-refractivity contribution is -0.114. The van der Waals surface area contributed by atoms with Crippen LogP contribution in [0.4, 0.5) is 9.59 Å². The molecule has 2 aliphatic carbocycles. The SMILES string of the molecule is CNC(=O)NCCC1CC(=O)C(c2c(C)cc(C)cc2C)=C1OC.COC1=C(c2c(C)cc(C)cc2C)C(=O)CC1CCNC(=O)Oc1ccccc1. The highest BCUT2D eigenvalue weighted by Gasteiger charge is 2.36. The Kier molecular flexibility index (Phi) is 14.0. The quantitative estimate of drug-likeness (QED) is 0.186. The molecular formula is C43H53N3O7. The number of methoxy groups -OCH3 is 2. The first-order valence-corrected chi connectivity index (χ1v) is 18.0. The van der Waals surface area contributed by atoms with E-state index in [2.05, 4.69) is 54.1 Å². The van der Waals surface area contributed by atoms with Gasteiger partial charge in [0, 0.05) is 44.8 Å². The molecule has 0 aromatic heterocycles. The molecule has 5 rings (SSSR count). The second-order valence-electron chi connectivity index (χ2n) is 13.8. The minimum atomic E-state index is -0.506. The van der Waals surface area contributed by atoms with Crippen LogP contribution in [0.5, 0.6) is 5.75 Å². The normalized spacial score (nSPS) is 16.6. The Balaban J connectivity index is 0.000000241. The highest BCUT2D eigenvalue weighted by molar-refractivity contribution is 6.25. The Morgan fingerprint density at radius 1 is 0.660 bits per heavy atom. The fourth-order valence-corrected chi connectivity index (χ4v) is 7.63. The molecule has 2 unspecified atom stereocenters. The number of amides is 3. The summed E-state index contributed by atoms with van der Waals surface area (Å²) in [6.45, 7) is 13.1. The molecule has 0 aliphatic heterocycles. The van der Waals surface area contributed by atoms with Gasteiger partial charge in [0.15, 0.2) is 11.6 Å². The largest absolute Gasteiger partial charge is 0.500 e. The number of hydrogen-bond donors (Lipinski definition) is 3. The van der Waals surface area contributed by atoms with Crippen molar-refractivity contribution in [2.75, 3.05) is 34.4 Å². The van der Waals surface area contributed by atoms with Crippen molar-refractivity contribution in [3.05, 3.63) is 111 Å². The van der Waals surface area contributed by atoms with E-state index in [9.17, 15) is 19.2 Å². The van der Waals surface area contributed by atoms with Crippen molar-refractivity contribution in [1.82, 2.24) is 16.0 Å². The number of aryl methyl sites for hydroxylation is 6. The van der Waals surface area contributed by atoms with Gasteiger partial charge in [-0.05, 0) is 99.9 Å². The lowest BCUT2D eigenvalue weighted by Crippen LogP contribution is -2.34. The van der Waals surface area contributed by atoms with Crippen molar-refractivity contribution in [1.29, 1.82) is 0 Å². The summed E-state index contributed by atoms with van der Waals surface area (Å²) in [6, 6.07) is 17.1. The van der Waals surface area contributed by atoms with E-state index in [4.69, 9.17) is 14.2 Å². The number of rotatable bonds is 11. The number of benzene rings is 3. The van der Waals surface area contributed by atoms with Gasteiger partial charge < -0.3 is 30.2 Å². The first-order valence-electron chi connectivity index (χ1n) is 18.0. The monoisotopic (exact) mass is 723 g/mol. The zero-order chi connectivity index (χ0) is 38.8. The molecule has 0 bridgehead atoms. The second kappa shape index (κ2) is 18.4. The van der Waals surface area contributed by atoms with Crippen LogP contribution in [0.2, 0.25) is 0 Å². The first-order chi connectivity index (χ1) is 25.3. The summed E-state index contributed by atoms with van der Waals surface area (Å²) in [5.41, 5.74) is 10.0. The first kappa shape index (κ1) is 40.4. The molecule has 10 heteroatoms. The Morgan fingerprint density at radius 3 is 1.47 bits per heavy atom. The van der Waals surface area contributed by atoms with Crippen LogP contribution in [0, 0.1) is 53.4 Å². The Hall–Kier alpha value is -5.38. The second-order valence-corrected chi connectivity index (χ2v) is 13.8. The summed E-state index contributed by atoms with van der Waals surface area (Å²) in [5, 5.41) is 8.03. The number of para-hydroxylation sites is 1. The molecule has 3 aromatic carbocycles. The molecule has 10 nitrogen and oxygen atoms in total. The summed E-state index contributed by atoms with van der Waals surface area (Å²) in [4.78, 5) is 48.7. The topological polar surface area (TPSA) is 132 Å². The van der Waals surface area contributed by atoms with Crippen molar-refractivity contribution in [3.8, 4) is 5.75 Å². The molecule has 53 heavy (non-hydrogen) atoms. The van der Waals surface area contributed by atoms with Gasteiger partial charge >= 0.3 is 12.1 Å². The number of carbonyl (C=O) groups excluding carboxylic acids is 4. The van der Waals surface area contributed by atoms with Gasteiger partial charge in [-0.2, -0.15) is 0 Å². The van der Waals surface area contributed by atoms with Gasteiger partial charge in [-0.3, -0.25) is 9.59 Å². The van der Waals surface area contributed by atoms with Crippen molar-refractivity contribution < 1.29 is 33.4 Å². The van der Waals surface area contributed by atoms with Gasteiger partial charge in [0.25, 0.3) is 0 Å². The molecule has 2 aliphatic rings. The van der Waals surface area contributed by atoms with Crippen LogP contribution >= 0.6 is 0 Å². The highest BCUT2D eigenvalue weighted by atomic mass is 16.6. The van der Waals surface area contributed by atoms with Crippen molar-refractivity contribution in [3.63, 3.8) is 0 Å². The lowest BCUT2D eigenvalue weighted by Gasteiger charge is -2.16. The fraction of sp³-hybridized carbons (Fsp3) is 0.395. The van der Waals surface area contributed by atoms with Gasteiger partial charge in [0.2, 0.25) is 0 Å². The van der Waals surface area contributed by atoms with Crippen LogP contribution in [0.3, 0.4) is 0 Å². The van der Waals surface area contributed by atoms with E-state index in [0.717, 1.165) is 39.1 Å². The number of allylic oxidation sites excluding steroid dienone is 4. The number of ether oxygens (including phenoxy) is 3. The molecule has 3 aromatic rings. The predicted octanol–water partition coefficient (Wildman–Crippen LogP) is 7.61. The van der Waals surface area contributed by atoms with E-state index in [1.807, 2.05) is 33.8 Å². The number of nitrogens with one attached hydrogen (secondary N) is 3. The van der Waals surface area contributed by atoms with E-state index in [1.54, 1.807) is 45.5 Å². The third kappa shape index (κ3) is 9.94. The Morgan fingerprint density at radius 2 is 1.08 bits per heavy atom. The van der Waals surface area contributed by atoms with Crippen LogP contribution in [0.1, 0.15) is 70.2 Å². The zero-order valence-corrected chi connectivity index (χ0v) is 32.5.